The zero-order chi connectivity index (χ0) is 29.1. The van der Waals surface area contributed by atoms with E-state index in [-0.39, 0.29) is 24.0 Å². The quantitative estimate of drug-likeness (QED) is 0.416. The Hall–Kier alpha value is -2.61. The summed E-state index contributed by atoms with van der Waals surface area (Å²) in [6.07, 6.45) is 5.70. The van der Waals surface area contributed by atoms with Crippen molar-refractivity contribution in [1.82, 2.24) is 4.98 Å². The van der Waals surface area contributed by atoms with Crippen LogP contribution in [0, 0.1) is 30.1 Å². The van der Waals surface area contributed by atoms with Crippen molar-refractivity contribution in [2.24, 2.45) is 23.2 Å². The van der Waals surface area contributed by atoms with Crippen molar-refractivity contribution in [2.75, 3.05) is 0 Å². The highest BCUT2D eigenvalue weighted by Crippen LogP contribution is 2.32. The molecular formula is C32H43NO5S. The van der Waals surface area contributed by atoms with Gasteiger partial charge in [0, 0.05) is 11.8 Å². The molecule has 6 atom stereocenters. The van der Waals surface area contributed by atoms with Crippen LogP contribution in [0.3, 0.4) is 0 Å². The van der Waals surface area contributed by atoms with Gasteiger partial charge in [0.05, 0.1) is 39.3 Å². The number of allylic oxidation sites excluding steroid dienone is 3. The summed E-state index contributed by atoms with van der Waals surface area (Å²) in [7, 11) is 0. The summed E-state index contributed by atoms with van der Waals surface area (Å²) >= 11 is 1.65. The fourth-order valence-electron chi connectivity index (χ4n) is 5.28. The summed E-state index contributed by atoms with van der Waals surface area (Å²) in [5, 5.41) is 22.8. The van der Waals surface area contributed by atoms with Gasteiger partial charge in [-0.2, -0.15) is 0 Å². The minimum Gasteiger partial charge on any atom is -0.457 e. The van der Waals surface area contributed by atoms with Crippen LogP contribution in [0.2, 0.25) is 0 Å². The van der Waals surface area contributed by atoms with Gasteiger partial charge in [-0.3, -0.25) is 9.59 Å². The number of carbonyl (C=O) groups excluding carboxylic acids is 2. The number of ether oxygens (including phenoxy) is 1. The van der Waals surface area contributed by atoms with Gasteiger partial charge in [0.15, 0.2) is 0 Å². The normalized spacial score (nSPS) is 31.9. The molecule has 2 heterocycles. The Morgan fingerprint density at radius 2 is 1.85 bits per heavy atom. The number of cyclic esters (lactones) is 1. The molecule has 3 rings (SSSR count). The lowest BCUT2D eigenvalue weighted by Crippen LogP contribution is -2.45. The van der Waals surface area contributed by atoms with Crippen LogP contribution in [0.15, 0.2) is 47.6 Å². The van der Waals surface area contributed by atoms with Crippen molar-refractivity contribution < 1.29 is 24.5 Å². The number of rotatable bonds is 2. The molecule has 0 bridgehead atoms. The molecular weight excluding hydrogens is 510 g/mol. The Kier molecular flexibility index (Phi) is 10.1. The number of nitrogens with zero attached hydrogens (tertiary/aromatic N) is 1. The molecule has 2 aromatic rings. The second kappa shape index (κ2) is 12.7. The summed E-state index contributed by atoms with van der Waals surface area (Å²) in [6.45, 7) is 14.8. The third-order valence-corrected chi connectivity index (χ3v) is 8.80. The molecule has 0 fully saturated rings. The van der Waals surface area contributed by atoms with Crippen LogP contribution in [0.1, 0.15) is 71.9 Å². The Morgan fingerprint density at radius 1 is 1.15 bits per heavy atom. The molecule has 0 unspecified atom stereocenters. The number of aryl methyl sites for hydroxylation is 1. The molecule has 6 nitrogen and oxygen atoms in total. The van der Waals surface area contributed by atoms with E-state index in [1.165, 1.54) is 0 Å². The lowest BCUT2D eigenvalue weighted by molar-refractivity contribution is -0.155. The maximum Gasteiger partial charge on any atom is 0.309 e. The van der Waals surface area contributed by atoms with Gasteiger partial charge in [0.1, 0.15) is 11.9 Å². The second-order valence-corrected chi connectivity index (χ2v) is 13.0. The first-order valence-corrected chi connectivity index (χ1v) is 14.5. The van der Waals surface area contributed by atoms with E-state index in [9.17, 15) is 19.8 Å². The molecule has 1 aliphatic rings. The summed E-state index contributed by atoms with van der Waals surface area (Å²) in [5.41, 5.74) is 2.55. The van der Waals surface area contributed by atoms with Gasteiger partial charge in [-0.1, -0.05) is 70.6 Å². The number of aliphatic hydroxyl groups is 2. The molecule has 1 aliphatic heterocycles. The molecule has 0 radical (unpaired) electrons. The highest BCUT2D eigenvalue weighted by Gasteiger charge is 2.42. The summed E-state index contributed by atoms with van der Waals surface area (Å²) in [4.78, 5) is 31.0. The van der Waals surface area contributed by atoms with E-state index >= 15 is 0 Å². The van der Waals surface area contributed by atoms with Crippen LogP contribution < -0.4 is 0 Å². The number of ketones is 1. The monoisotopic (exact) mass is 553 g/mol. The molecule has 1 aromatic heterocycles. The standard InChI is InChI=1S/C32H43NO5S/c1-18-10-9-11-19(2)29(36)22(5)31(37)32(7,8)27(34)17-28(35)38-30(20(3)14-18)21(4)15-24-12-13-26-25(16-24)33-23(6)39-26/h9-10,12-16,19-20,22,27,29-30,34,36H,11,17H2,1-8H3/b10-9+,18-14-,21-15+/t19-,20-,22+,27-,29-,30-/m0/s1. The van der Waals surface area contributed by atoms with Crippen LogP contribution in [0.25, 0.3) is 16.3 Å². The van der Waals surface area contributed by atoms with E-state index in [1.807, 2.05) is 65.0 Å². The van der Waals surface area contributed by atoms with E-state index in [0.29, 0.717) is 6.42 Å². The zero-order valence-corrected chi connectivity index (χ0v) is 25.2. The molecule has 0 saturated carbocycles. The van der Waals surface area contributed by atoms with Crippen LogP contribution in [-0.2, 0) is 14.3 Å². The number of fused-ring (bicyclic) bond motifs is 1. The van der Waals surface area contributed by atoms with Gasteiger partial charge in [0.25, 0.3) is 0 Å². The van der Waals surface area contributed by atoms with Crippen molar-refractivity contribution in [3.8, 4) is 0 Å². The first kappa shape index (κ1) is 30.9. The molecule has 0 spiro atoms. The fourth-order valence-corrected chi connectivity index (χ4v) is 6.08. The van der Waals surface area contributed by atoms with Gasteiger partial charge < -0.3 is 14.9 Å². The number of hydrogen-bond donors (Lipinski definition) is 2. The SMILES string of the molecule is CC1=C/[C@H](C)[C@@H](/C(C)=C/c2ccc3sc(C)nc3c2)OC(=O)C[C@H](O)C(C)(C)C(=O)[C@H](C)[C@@H](O)[C@@H](C)C\C=C\1. The molecule has 2 N–H and O–H groups in total. The number of esters is 1. The Balaban J connectivity index is 1.98. The van der Waals surface area contributed by atoms with Gasteiger partial charge in [-0.15, -0.1) is 11.3 Å². The molecule has 212 valence electrons. The molecule has 1 aromatic carbocycles. The fraction of sp³-hybridized carbons (Fsp3) is 0.531. The van der Waals surface area contributed by atoms with Crippen LogP contribution in [-0.4, -0.2) is 45.3 Å². The number of aromatic nitrogens is 1. The van der Waals surface area contributed by atoms with Crippen LogP contribution in [0.5, 0.6) is 0 Å². The minimum absolute atomic E-state index is 0.145. The maximum atomic E-state index is 13.3. The first-order chi connectivity index (χ1) is 18.2. The summed E-state index contributed by atoms with van der Waals surface area (Å²) in [5.74, 6) is -1.83. The minimum atomic E-state index is -1.25. The lowest BCUT2D eigenvalue weighted by atomic mass is 9.73. The highest BCUT2D eigenvalue weighted by molar-refractivity contribution is 7.18. The van der Waals surface area contributed by atoms with E-state index in [2.05, 4.69) is 17.1 Å². The maximum absolute atomic E-state index is 13.3. The van der Waals surface area contributed by atoms with Crippen molar-refractivity contribution in [2.45, 2.75) is 86.5 Å². The molecule has 0 saturated heterocycles. The van der Waals surface area contributed by atoms with Crippen LogP contribution >= 0.6 is 11.3 Å². The third kappa shape index (κ3) is 7.53. The predicted molar refractivity (Wildman–Crippen MR) is 158 cm³/mol. The highest BCUT2D eigenvalue weighted by atomic mass is 32.1. The molecule has 39 heavy (non-hydrogen) atoms. The van der Waals surface area contributed by atoms with E-state index in [0.717, 1.165) is 31.9 Å². The zero-order valence-electron chi connectivity index (χ0n) is 24.4. The number of aliphatic hydroxyl groups excluding tert-OH is 2. The topological polar surface area (TPSA) is 96.7 Å². The Bertz CT molecular complexity index is 1290. The Morgan fingerprint density at radius 3 is 2.54 bits per heavy atom. The first-order valence-electron chi connectivity index (χ1n) is 13.7. The van der Waals surface area contributed by atoms with Crippen molar-refractivity contribution in [3.05, 3.63) is 58.1 Å². The summed E-state index contributed by atoms with van der Waals surface area (Å²) in [6, 6.07) is 6.11. The van der Waals surface area contributed by atoms with E-state index in [1.54, 1.807) is 32.1 Å². The second-order valence-electron chi connectivity index (χ2n) is 11.7. The van der Waals surface area contributed by atoms with E-state index in [4.69, 9.17) is 4.74 Å². The van der Waals surface area contributed by atoms with Gasteiger partial charge in [0.2, 0.25) is 0 Å². The number of benzene rings is 1. The smallest absolute Gasteiger partial charge is 0.309 e. The number of thiazole rings is 1. The Labute approximate surface area is 236 Å². The van der Waals surface area contributed by atoms with Crippen molar-refractivity contribution in [1.29, 1.82) is 0 Å². The lowest BCUT2D eigenvalue weighted by Gasteiger charge is -2.34. The van der Waals surface area contributed by atoms with Crippen molar-refractivity contribution in [3.63, 3.8) is 0 Å². The largest absolute Gasteiger partial charge is 0.457 e. The van der Waals surface area contributed by atoms with Gasteiger partial charge in [-0.25, -0.2) is 4.98 Å². The average molecular weight is 554 g/mol. The molecule has 7 heteroatoms. The van der Waals surface area contributed by atoms with Gasteiger partial charge >= 0.3 is 5.97 Å². The third-order valence-electron chi connectivity index (χ3n) is 7.85. The predicted octanol–water partition coefficient (Wildman–Crippen LogP) is 6.44. The number of hydrogen-bond acceptors (Lipinski definition) is 7. The van der Waals surface area contributed by atoms with Crippen LogP contribution in [0.4, 0.5) is 0 Å². The summed E-state index contributed by atoms with van der Waals surface area (Å²) < 4.78 is 7.12. The number of carbonyl (C=O) groups is 2. The van der Waals surface area contributed by atoms with Gasteiger partial charge in [-0.05, 0) is 56.4 Å². The molecule has 0 aliphatic carbocycles. The van der Waals surface area contributed by atoms with Crippen molar-refractivity contribution >= 4 is 39.4 Å². The van der Waals surface area contributed by atoms with E-state index < -0.39 is 35.6 Å². The molecule has 0 amide bonds. The average Bonchev–Trinajstić information content (AvgIpc) is 3.24. The number of Topliss-reactive ketones (excluding diaryl/α,β-unsaturated/α-hetero) is 1.